The molecule has 0 radical (unpaired) electrons. The summed E-state index contributed by atoms with van der Waals surface area (Å²) in [6, 6.07) is 12.6. The van der Waals surface area contributed by atoms with Crippen LogP contribution in [0.15, 0.2) is 48.5 Å². The Morgan fingerprint density at radius 2 is 1.79 bits per heavy atom. The highest BCUT2D eigenvalue weighted by Gasteiger charge is 2.35. The van der Waals surface area contributed by atoms with Crippen molar-refractivity contribution in [3.05, 3.63) is 65.5 Å². The summed E-state index contributed by atoms with van der Waals surface area (Å²) in [5, 5.41) is 6.00. The third-order valence-corrected chi connectivity index (χ3v) is 4.60. The first-order valence-corrected chi connectivity index (χ1v) is 9.37. The van der Waals surface area contributed by atoms with Gasteiger partial charge in [0, 0.05) is 11.6 Å². The summed E-state index contributed by atoms with van der Waals surface area (Å²) in [4.78, 5) is 24.8. The predicted octanol–water partition coefficient (Wildman–Crippen LogP) is 3.87. The van der Waals surface area contributed by atoms with Crippen LogP contribution in [0.5, 0.6) is 0 Å². The van der Waals surface area contributed by atoms with E-state index in [0.717, 1.165) is 0 Å². The number of benzene rings is 2. The van der Waals surface area contributed by atoms with Gasteiger partial charge in [0.05, 0.1) is 11.6 Å². The summed E-state index contributed by atoms with van der Waals surface area (Å²) in [6.07, 6.45) is 0.691. The van der Waals surface area contributed by atoms with E-state index in [-0.39, 0.29) is 17.6 Å². The van der Waals surface area contributed by atoms with Crippen LogP contribution >= 0.6 is 0 Å². The molecule has 1 aliphatic rings. The predicted molar refractivity (Wildman–Crippen MR) is 106 cm³/mol. The molecule has 28 heavy (non-hydrogen) atoms. The molecule has 2 N–H and O–H groups in total. The third-order valence-electron chi connectivity index (χ3n) is 4.60. The molecule has 0 bridgehead atoms. The number of rotatable bonds is 4. The Bertz CT molecular complexity index is 859. The van der Waals surface area contributed by atoms with Crippen LogP contribution < -0.4 is 10.6 Å². The monoisotopic (exact) mass is 384 g/mol. The van der Waals surface area contributed by atoms with E-state index in [0.29, 0.717) is 29.8 Å². The van der Waals surface area contributed by atoms with Crippen LogP contribution in [0.2, 0.25) is 0 Å². The summed E-state index contributed by atoms with van der Waals surface area (Å²) in [7, 11) is 0. The summed E-state index contributed by atoms with van der Waals surface area (Å²) in [5.74, 6) is -1.16. The van der Waals surface area contributed by atoms with Gasteiger partial charge < -0.3 is 15.4 Å². The molecule has 2 aromatic rings. The van der Waals surface area contributed by atoms with E-state index in [1.54, 1.807) is 63.2 Å². The molecule has 1 fully saturated rings. The van der Waals surface area contributed by atoms with E-state index < -0.39 is 17.6 Å². The van der Waals surface area contributed by atoms with E-state index in [1.807, 2.05) is 0 Å². The molecule has 2 atom stereocenters. The molecule has 3 rings (SSSR count). The Hall–Kier alpha value is -2.73. The second-order valence-corrected chi connectivity index (χ2v) is 7.92. The van der Waals surface area contributed by atoms with Crippen LogP contribution in [0, 0.1) is 5.82 Å². The summed E-state index contributed by atoms with van der Waals surface area (Å²) < 4.78 is 19.5. The van der Waals surface area contributed by atoms with Crippen molar-refractivity contribution in [2.45, 2.75) is 44.8 Å². The number of esters is 1. The fraction of sp³-hybridized carbons (Fsp3) is 0.364. The van der Waals surface area contributed by atoms with Gasteiger partial charge in [-0.05, 0) is 69.6 Å². The lowest BCUT2D eigenvalue weighted by Crippen LogP contribution is -2.39. The maximum Gasteiger partial charge on any atom is 0.338 e. The number of halogens is 1. The van der Waals surface area contributed by atoms with Crippen molar-refractivity contribution >= 4 is 17.6 Å². The van der Waals surface area contributed by atoms with Gasteiger partial charge in [0.25, 0.3) is 0 Å². The average molecular weight is 384 g/mol. The molecule has 1 aliphatic heterocycles. The molecule has 5 nitrogen and oxygen atoms in total. The molecule has 6 heteroatoms. The molecule has 0 saturated carbocycles. The minimum Gasteiger partial charge on any atom is -0.456 e. The second kappa shape index (κ2) is 8.10. The fourth-order valence-electron chi connectivity index (χ4n) is 3.34. The van der Waals surface area contributed by atoms with Crippen molar-refractivity contribution < 1.29 is 18.7 Å². The number of anilines is 1. The van der Waals surface area contributed by atoms with E-state index in [1.165, 1.54) is 6.07 Å². The highest BCUT2D eigenvalue weighted by atomic mass is 19.1. The van der Waals surface area contributed by atoms with Gasteiger partial charge in [-0.1, -0.05) is 18.2 Å². The maximum atomic E-state index is 14.1. The SMILES string of the molecule is CC(C)(C)OC(=O)c1ccc(NC(=O)[C@H]2NCC[C@H]2c2ccccc2F)cc1. The quantitative estimate of drug-likeness (QED) is 0.786. The normalized spacial score (nSPS) is 19.3. The van der Waals surface area contributed by atoms with Gasteiger partial charge in [0.1, 0.15) is 11.4 Å². The number of carbonyl (C=O) groups excluding carboxylic acids is 2. The first kappa shape index (κ1) is 20.0. The lowest BCUT2D eigenvalue weighted by molar-refractivity contribution is -0.118. The number of carbonyl (C=O) groups is 2. The van der Waals surface area contributed by atoms with Gasteiger partial charge >= 0.3 is 5.97 Å². The van der Waals surface area contributed by atoms with Crippen molar-refractivity contribution in [2.75, 3.05) is 11.9 Å². The number of ether oxygens (including phenoxy) is 1. The molecule has 1 amide bonds. The van der Waals surface area contributed by atoms with Crippen LogP contribution in [0.3, 0.4) is 0 Å². The minimum atomic E-state index is -0.570. The zero-order valence-electron chi connectivity index (χ0n) is 16.3. The number of hydrogen-bond acceptors (Lipinski definition) is 4. The fourth-order valence-corrected chi connectivity index (χ4v) is 3.34. The zero-order valence-corrected chi connectivity index (χ0v) is 16.3. The third kappa shape index (κ3) is 4.75. The van der Waals surface area contributed by atoms with Crippen molar-refractivity contribution in [1.29, 1.82) is 0 Å². The summed E-state index contributed by atoms with van der Waals surface area (Å²) in [5.41, 5.74) is 0.960. The molecule has 148 valence electrons. The maximum absolute atomic E-state index is 14.1. The van der Waals surface area contributed by atoms with Crippen LogP contribution in [-0.2, 0) is 9.53 Å². The summed E-state index contributed by atoms with van der Waals surface area (Å²) >= 11 is 0. The number of hydrogen-bond donors (Lipinski definition) is 2. The van der Waals surface area contributed by atoms with Gasteiger partial charge in [-0.15, -0.1) is 0 Å². The number of nitrogens with one attached hydrogen (secondary N) is 2. The lowest BCUT2D eigenvalue weighted by Gasteiger charge is -2.20. The Morgan fingerprint density at radius 1 is 1.11 bits per heavy atom. The molecule has 0 aromatic heterocycles. The standard InChI is InChI=1S/C22H25FN2O3/c1-22(2,3)28-21(27)14-8-10-15(11-9-14)25-20(26)19-17(12-13-24-19)16-6-4-5-7-18(16)23/h4-11,17,19,24H,12-13H2,1-3H3,(H,25,26)/t17-,19-/m0/s1. The van der Waals surface area contributed by atoms with Gasteiger partial charge in [-0.2, -0.15) is 0 Å². The molecular weight excluding hydrogens is 359 g/mol. The molecule has 1 heterocycles. The van der Waals surface area contributed by atoms with Crippen molar-refractivity contribution in [2.24, 2.45) is 0 Å². The second-order valence-electron chi connectivity index (χ2n) is 7.92. The van der Waals surface area contributed by atoms with Crippen molar-refractivity contribution in [3.63, 3.8) is 0 Å². The molecule has 1 saturated heterocycles. The van der Waals surface area contributed by atoms with Crippen molar-refractivity contribution in [1.82, 2.24) is 5.32 Å². The Balaban J connectivity index is 1.67. The van der Waals surface area contributed by atoms with Gasteiger partial charge in [-0.25, -0.2) is 9.18 Å². The smallest absolute Gasteiger partial charge is 0.338 e. The van der Waals surface area contributed by atoms with E-state index >= 15 is 0 Å². The van der Waals surface area contributed by atoms with Crippen LogP contribution in [0.1, 0.15) is 49.0 Å². The lowest BCUT2D eigenvalue weighted by atomic mass is 9.91. The van der Waals surface area contributed by atoms with Crippen molar-refractivity contribution in [3.8, 4) is 0 Å². The van der Waals surface area contributed by atoms with Crippen LogP contribution in [0.25, 0.3) is 0 Å². The molecular formula is C22H25FN2O3. The minimum absolute atomic E-state index is 0.220. The van der Waals surface area contributed by atoms with Gasteiger partial charge in [-0.3, -0.25) is 4.79 Å². The molecule has 0 spiro atoms. The highest BCUT2D eigenvalue weighted by Crippen LogP contribution is 2.30. The molecule has 2 aromatic carbocycles. The van der Waals surface area contributed by atoms with E-state index in [9.17, 15) is 14.0 Å². The van der Waals surface area contributed by atoms with Gasteiger partial charge in [0.15, 0.2) is 0 Å². The number of amides is 1. The first-order valence-electron chi connectivity index (χ1n) is 9.37. The van der Waals surface area contributed by atoms with Crippen LogP contribution in [-0.4, -0.2) is 30.1 Å². The topological polar surface area (TPSA) is 67.4 Å². The first-order chi connectivity index (χ1) is 13.2. The Labute approximate surface area is 164 Å². The summed E-state index contributed by atoms with van der Waals surface area (Å²) in [6.45, 7) is 6.06. The molecule has 0 aliphatic carbocycles. The van der Waals surface area contributed by atoms with E-state index in [2.05, 4.69) is 10.6 Å². The van der Waals surface area contributed by atoms with Gasteiger partial charge in [0.2, 0.25) is 5.91 Å². The highest BCUT2D eigenvalue weighted by molar-refractivity contribution is 5.96. The Morgan fingerprint density at radius 3 is 2.43 bits per heavy atom. The van der Waals surface area contributed by atoms with Crippen LogP contribution in [0.4, 0.5) is 10.1 Å². The Kier molecular flexibility index (Phi) is 5.79. The zero-order chi connectivity index (χ0) is 20.3. The average Bonchev–Trinajstić information content (AvgIpc) is 3.11. The molecule has 0 unspecified atom stereocenters. The largest absolute Gasteiger partial charge is 0.456 e. The van der Waals surface area contributed by atoms with E-state index in [4.69, 9.17) is 4.74 Å².